The van der Waals surface area contributed by atoms with Gasteiger partial charge in [-0.25, -0.2) is 4.98 Å². The van der Waals surface area contributed by atoms with E-state index in [0.29, 0.717) is 35.8 Å². The number of aromatic nitrogens is 2. The molecule has 0 atom stereocenters. The summed E-state index contributed by atoms with van der Waals surface area (Å²) in [4.78, 5) is 19.8. The molecule has 1 amide bonds. The number of imidazole rings is 1. The van der Waals surface area contributed by atoms with E-state index in [-0.39, 0.29) is 17.2 Å². The molecule has 8 heteroatoms. The molecule has 0 fully saturated rings. The third-order valence-electron chi connectivity index (χ3n) is 5.64. The molecule has 0 saturated heterocycles. The number of hydrogen-bond donors (Lipinski definition) is 2. The predicted molar refractivity (Wildman–Crippen MR) is 133 cm³/mol. The Labute approximate surface area is 206 Å². The standard InChI is InChI=1S/C28H24F3N3O2/c1-3-4-5-6-11-25(35)33-20-14-12-19(13-15-20)26-18(2)32-27(34-26)24-17-16-23(36-24)21-9-7-8-10-22(21)28(29,30)31/h1,7-10,12-17H,4-6,11H2,2H3,(H,32,34)(H,33,35). The quantitative estimate of drug-likeness (QED) is 0.198. The van der Waals surface area contributed by atoms with Gasteiger partial charge in [-0.2, -0.15) is 13.2 Å². The number of H-pyrrole nitrogens is 1. The summed E-state index contributed by atoms with van der Waals surface area (Å²) in [6, 6.07) is 15.6. The van der Waals surface area contributed by atoms with Crippen LogP contribution in [0.3, 0.4) is 0 Å². The minimum Gasteiger partial charge on any atom is -0.453 e. The Kier molecular flexibility index (Phi) is 7.30. The number of aryl methyl sites for hydroxylation is 1. The first-order valence-corrected chi connectivity index (χ1v) is 11.4. The maximum absolute atomic E-state index is 13.4. The average Bonchev–Trinajstić information content (AvgIpc) is 3.49. The van der Waals surface area contributed by atoms with E-state index in [1.165, 1.54) is 24.3 Å². The van der Waals surface area contributed by atoms with Crippen LogP contribution in [0, 0.1) is 19.3 Å². The van der Waals surface area contributed by atoms with Crippen LogP contribution >= 0.6 is 0 Å². The van der Waals surface area contributed by atoms with Crippen molar-refractivity contribution in [1.82, 2.24) is 9.97 Å². The summed E-state index contributed by atoms with van der Waals surface area (Å²) in [5.74, 6) is 3.32. The molecule has 2 N–H and O–H groups in total. The van der Waals surface area contributed by atoms with Gasteiger partial charge in [0.2, 0.25) is 5.91 Å². The average molecular weight is 492 g/mol. The number of rotatable bonds is 8. The highest BCUT2D eigenvalue weighted by Crippen LogP contribution is 2.38. The van der Waals surface area contributed by atoms with E-state index in [2.05, 4.69) is 21.2 Å². The third kappa shape index (κ3) is 5.69. The van der Waals surface area contributed by atoms with Crippen molar-refractivity contribution in [3.63, 3.8) is 0 Å². The summed E-state index contributed by atoms with van der Waals surface area (Å²) in [5.41, 5.74) is 2.13. The van der Waals surface area contributed by atoms with Gasteiger partial charge < -0.3 is 14.7 Å². The number of nitrogens with zero attached hydrogens (tertiary/aromatic N) is 1. The van der Waals surface area contributed by atoms with E-state index in [1.54, 1.807) is 18.2 Å². The van der Waals surface area contributed by atoms with Gasteiger partial charge in [0.25, 0.3) is 0 Å². The van der Waals surface area contributed by atoms with E-state index in [9.17, 15) is 18.0 Å². The summed E-state index contributed by atoms with van der Waals surface area (Å²) in [7, 11) is 0. The molecule has 2 aromatic heterocycles. The predicted octanol–water partition coefficient (Wildman–Crippen LogP) is 7.46. The lowest BCUT2D eigenvalue weighted by Gasteiger charge is -2.10. The van der Waals surface area contributed by atoms with Crippen LogP contribution in [0.15, 0.2) is 65.1 Å². The van der Waals surface area contributed by atoms with Crippen molar-refractivity contribution in [2.45, 2.75) is 38.8 Å². The van der Waals surface area contributed by atoms with Crippen LogP contribution in [0.2, 0.25) is 0 Å². The summed E-state index contributed by atoms with van der Waals surface area (Å²) >= 11 is 0. The number of aromatic amines is 1. The second-order valence-corrected chi connectivity index (χ2v) is 8.30. The Balaban J connectivity index is 1.49. The first-order valence-electron chi connectivity index (χ1n) is 11.4. The van der Waals surface area contributed by atoms with Gasteiger partial charge in [-0.3, -0.25) is 4.79 Å². The molecule has 0 aliphatic heterocycles. The van der Waals surface area contributed by atoms with Gasteiger partial charge >= 0.3 is 6.18 Å². The lowest BCUT2D eigenvalue weighted by molar-refractivity contribution is -0.137. The maximum atomic E-state index is 13.4. The molecule has 4 rings (SSSR count). The number of nitrogens with one attached hydrogen (secondary N) is 2. The number of hydrogen-bond acceptors (Lipinski definition) is 3. The summed E-state index contributed by atoms with van der Waals surface area (Å²) in [6.45, 7) is 1.85. The molecule has 4 aromatic rings. The Morgan fingerprint density at radius 3 is 2.50 bits per heavy atom. The molecule has 0 radical (unpaired) electrons. The lowest BCUT2D eigenvalue weighted by atomic mass is 10.1. The van der Waals surface area contributed by atoms with Gasteiger partial charge in [0, 0.05) is 35.3 Å². The van der Waals surface area contributed by atoms with Crippen LogP contribution in [-0.2, 0) is 11.0 Å². The fraction of sp³-hybridized carbons (Fsp3) is 0.214. The lowest BCUT2D eigenvalue weighted by Crippen LogP contribution is -2.10. The number of anilines is 1. The first kappa shape index (κ1) is 24.9. The van der Waals surface area contributed by atoms with E-state index in [0.717, 1.165) is 30.2 Å². The normalized spacial score (nSPS) is 11.3. The van der Waals surface area contributed by atoms with Crippen molar-refractivity contribution in [2.24, 2.45) is 0 Å². The van der Waals surface area contributed by atoms with Crippen LogP contribution in [0.5, 0.6) is 0 Å². The number of carbonyl (C=O) groups is 1. The zero-order valence-electron chi connectivity index (χ0n) is 19.6. The second-order valence-electron chi connectivity index (χ2n) is 8.30. The van der Waals surface area contributed by atoms with E-state index in [4.69, 9.17) is 10.8 Å². The van der Waals surface area contributed by atoms with Crippen LogP contribution in [0.25, 0.3) is 34.2 Å². The van der Waals surface area contributed by atoms with E-state index >= 15 is 0 Å². The highest BCUT2D eigenvalue weighted by molar-refractivity contribution is 5.91. The van der Waals surface area contributed by atoms with Crippen molar-refractivity contribution >= 4 is 11.6 Å². The van der Waals surface area contributed by atoms with Crippen LogP contribution < -0.4 is 5.32 Å². The fourth-order valence-electron chi connectivity index (χ4n) is 3.86. The van der Waals surface area contributed by atoms with Gasteiger partial charge in [0.15, 0.2) is 11.6 Å². The van der Waals surface area contributed by atoms with Gasteiger partial charge in [-0.15, -0.1) is 12.3 Å². The Morgan fingerprint density at radius 1 is 1.06 bits per heavy atom. The molecule has 184 valence electrons. The number of terminal acetylenes is 1. The Hall–Kier alpha value is -4.25. The largest absolute Gasteiger partial charge is 0.453 e. The Morgan fingerprint density at radius 2 is 1.78 bits per heavy atom. The monoisotopic (exact) mass is 491 g/mol. The summed E-state index contributed by atoms with van der Waals surface area (Å²) < 4.78 is 46.0. The molecule has 0 bridgehead atoms. The van der Waals surface area contributed by atoms with Gasteiger partial charge in [0.1, 0.15) is 5.76 Å². The van der Waals surface area contributed by atoms with Crippen molar-refractivity contribution in [3.05, 3.63) is 71.9 Å². The highest BCUT2D eigenvalue weighted by atomic mass is 19.4. The molecule has 0 aliphatic carbocycles. The highest BCUT2D eigenvalue weighted by Gasteiger charge is 2.34. The van der Waals surface area contributed by atoms with Crippen LogP contribution in [-0.4, -0.2) is 15.9 Å². The molecule has 0 unspecified atom stereocenters. The first-order chi connectivity index (χ1) is 17.3. The number of alkyl halides is 3. The minimum atomic E-state index is -4.49. The SMILES string of the molecule is C#CCCCCC(=O)Nc1ccc(-c2nc(-c3ccc(-c4ccccc4C(F)(F)F)o3)[nH]c2C)cc1. The number of furan rings is 1. The molecular weight excluding hydrogens is 467 g/mol. The molecule has 2 heterocycles. The van der Waals surface area contributed by atoms with Crippen LogP contribution in [0.4, 0.5) is 18.9 Å². The Bertz CT molecular complexity index is 1390. The van der Waals surface area contributed by atoms with Crippen molar-refractivity contribution in [3.8, 4) is 46.5 Å². The molecule has 36 heavy (non-hydrogen) atoms. The number of benzene rings is 2. The molecule has 2 aromatic carbocycles. The van der Waals surface area contributed by atoms with Gasteiger partial charge in [-0.1, -0.05) is 30.3 Å². The smallest absolute Gasteiger partial charge is 0.417 e. The zero-order chi connectivity index (χ0) is 25.7. The van der Waals surface area contributed by atoms with Crippen LogP contribution in [0.1, 0.15) is 36.9 Å². The van der Waals surface area contributed by atoms with Gasteiger partial charge in [-0.05, 0) is 50.1 Å². The fourth-order valence-corrected chi connectivity index (χ4v) is 3.86. The molecule has 0 aliphatic rings. The van der Waals surface area contributed by atoms with E-state index in [1.807, 2.05) is 19.1 Å². The number of carbonyl (C=O) groups excluding carboxylic acids is 1. The van der Waals surface area contributed by atoms with E-state index < -0.39 is 11.7 Å². The number of unbranched alkanes of at least 4 members (excludes halogenated alkanes) is 2. The second kappa shape index (κ2) is 10.6. The van der Waals surface area contributed by atoms with Crippen molar-refractivity contribution < 1.29 is 22.4 Å². The summed E-state index contributed by atoms with van der Waals surface area (Å²) in [6.07, 6.45) is 3.34. The molecule has 0 spiro atoms. The van der Waals surface area contributed by atoms with Crippen molar-refractivity contribution in [1.29, 1.82) is 0 Å². The third-order valence-corrected chi connectivity index (χ3v) is 5.64. The van der Waals surface area contributed by atoms with Gasteiger partial charge in [0.05, 0.1) is 11.3 Å². The summed E-state index contributed by atoms with van der Waals surface area (Å²) in [5, 5.41) is 2.86. The zero-order valence-corrected chi connectivity index (χ0v) is 19.6. The topological polar surface area (TPSA) is 70.9 Å². The number of amides is 1. The molecule has 0 saturated carbocycles. The minimum absolute atomic E-state index is 0.0339. The molecule has 5 nitrogen and oxygen atoms in total. The molecular formula is C28H24F3N3O2. The maximum Gasteiger partial charge on any atom is 0.417 e. The van der Waals surface area contributed by atoms with Crippen molar-refractivity contribution in [2.75, 3.05) is 5.32 Å². The number of halogens is 3.